The Morgan fingerprint density at radius 1 is 1.25 bits per heavy atom. The van der Waals surface area contributed by atoms with E-state index in [0.717, 1.165) is 11.1 Å². The molecular weight excluding hydrogens is 306 g/mol. The summed E-state index contributed by atoms with van der Waals surface area (Å²) in [5.41, 5.74) is 3.00. The van der Waals surface area contributed by atoms with Crippen molar-refractivity contribution in [2.45, 2.75) is 20.5 Å². The van der Waals surface area contributed by atoms with Crippen LogP contribution >= 0.6 is 0 Å². The smallest absolute Gasteiger partial charge is 0.270 e. The van der Waals surface area contributed by atoms with Crippen LogP contribution in [0, 0.1) is 13.8 Å². The molecule has 0 spiro atoms. The molecule has 0 atom stereocenters. The Morgan fingerprint density at radius 3 is 2.79 bits per heavy atom. The Balaban J connectivity index is 2.01. The lowest BCUT2D eigenvalue weighted by molar-refractivity contribution is 0.102. The monoisotopic (exact) mass is 323 g/mol. The average molecular weight is 323 g/mol. The zero-order chi connectivity index (χ0) is 17.3. The summed E-state index contributed by atoms with van der Waals surface area (Å²) in [6, 6.07) is 8.85. The first-order chi connectivity index (χ1) is 11.5. The van der Waals surface area contributed by atoms with Gasteiger partial charge in [-0.2, -0.15) is 0 Å². The summed E-state index contributed by atoms with van der Waals surface area (Å²) in [7, 11) is 0. The van der Waals surface area contributed by atoms with Crippen LogP contribution in [0.4, 0.5) is 5.69 Å². The van der Waals surface area contributed by atoms with Gasteiger partial charge in [-0.3, -0.25) is 14.0 Å². The Kier molecular flexibility index (Phi) is 4.14. The molecule has 0 aliphatic carbocycles. The fourth-order valence-electron chi connectivity index (χ4n) is 2.49. The Hall–Kier alpha value is -2.99. The highest BCUT2D eigenvalue weighted by atomic mass is 16.3. The molecule has 0 fully saturated rings. The van der Waals surface area contributed by atoms with Gasteiger partial charge in [-0.25, -0.2) is 4.98 Å². The van der Waals surface area contributed by atoms with Gasteiger partial charge in [0.1, 0.15) is 11.2 Å². The third kappa shape index (κ3) is 2.79. The number of aryl methyl sites for hydroxylation is 2. The number of amides is 1. The quantitative estimate of drug-likeness (QED) is 0.773. The van der Waals surface area contributed by atoms with E-state index in [9.17, 15) is 14.7 Å². The lowest BCUT2D eigenvalue weighted by Gasteiger charge is -2.10. The van der Waals surface area contributed by atoms with Crippen molar-refractivity contribution in [3.8, 4) is 0 Å². The fourth-order valence-corrected chi connectivity index (χ4v) is 2.49. The van der Waals surface area contributed by atoms with Crippen LogP contribution in [0.2, 0.25) is 0 Å². The molecule has 1 aromatic carbocycles. The first-order valence-electron chi connectivity index (χ1n) is 7.50. The second kappa shape index (κ2) is 6.25. The van der Waals surface area contributed by atoms with E-state index in [0.29, 0.717) is 16.9 Å². The highest BCUT2D eigenvalue weighted by molar-refractivity contribution is 6.04. The van der Waals surface area contributed by atoms with Gasteiger partial charge in [0.05, 0.1) is 6.61 Å². The minimum Gasteiger partial charge on any atom is -0.392 e. The number of fused-ring (bicyclic) bond motifs is 1. The number of anilines is 1. The van der Waals surface area contributed by atoms with Gasteiger partial charge in [0.2, 0.25) is 0 Å². The van der Waals surface area contributed by atoms with Crippen molar-refractivity contribution >= 4 is 17.2 Å². The number of hydrogen-bond acceptors (Lipinski definition) is 4. The van der Waals surface area contributed by atoms with E-state index < -0.39 is 11.5 Å². The number of carbonyl (C=O) groups excluding carboxylic acids is 1. The van der Waals surface area contributed by atoms with E-state index in [-0.39, 0.29) is 12.2 Å². The Morgan fingerprint density at radius 2 is 2.04 bits per heavy atom. The minimum absolute atomic E-state index is 0.0353. The van der Waals surface area contributed by atoms with Gasteiger partial charge in [-0.1, -0.05) is 18.2 Å². The first kappa shape index (κ1) is 15.9. The molecule has 0 bridgehead atoms. The summed E-state index contributed by atoms with van der Waals surface area (Å²) < 4.78 is 1.36. The predicted molar refractivity (Wildman–Crippen MR) is 91.3 cm³/mol. The number of nitrogens with one attached hydrogen (secondary N) is 1. The van der Waals surface area contributed by atoms with E-state index in [4.69, 9.17) is 0 Å². The summed E-state index contributed by atoms with van der Waals surface area (Å²) in [6.45, 7) is 3.57. The molecular formula is C18H17N3O3. The summed E-state index contributed by atoms with van der Waals surface area (Å²) in [5, 5.41) is 11.9. The van der Waals surface area contributed by atoms with Crippen LogP contribution in [0.1, 0.15) is 27.0 Å². The molecule has 2 heterocycles. The maximum atomic E-state index is 12.5. The summed E-state index contributed by atoms with van der Waals surface area (Å²) in [5.74, 6) is -0.526. The number of benzene rings is 1. The van der Waals surface area contributed by atoms with Gasteiger partial charge in [0.25, 0.3) is 11.5 Å². The summed E-state index contributed by atoms with van der Waals surface area (Å²) in [4.78, 5) is 29.3. The highest BCUT2D eigenvalue weighted by Crippen LogP contribution is 2.17. The van der Waals surface area contributed by atoms with E-state index >= 15 is 0 Å². The third-order valence-electron chi connectivity index (χ3n) is 3.90. The fraction of sp³-hybridized carbons (Fsp3) is 0.167. The van der Waals surface area contributed by atoms with E-state index in [2.05, 4.69) is 10.3 Å². The largest absolute Gasteiger partial charge is 0.392 e. The van der Waals surface area contributed by atoms with Gasteiger partial charge in [-0.15, -0.1) is 0 Å². The zero-order valence-electron chi connectivity index (χ0n) is 13.4. The summed E-state index contributed by atoms with van der Waals surface area (Å²) >= 11 is 0. The van der Waals surface area contributed by atoms with Crippen molar-refractivity contribution in [2.75, 3.05) is 5.32 Å². The lowest BCUT2D eigenvalue weighted by atomic mass is 10.1. The van der Waals surface area contributed by atoms with Crippen molar-refractivity contribution in [1.82, 2.24) is 9.38 Å². The number of nitrogens with zero attached hydrogens (tertiary/aromatic N) is 2. The number of aromatic nitrogens is 2. The maximum absolute atomic E-state index is 12.5. The molecule has 0 radical (unpaired) electrons. The van der Waals surface area contributed by atoms with Crippen LogP contribution < -0.4 is 10.9 Å². The van der Waals surface area contributed by atoms with Gasteiger partial charge in [0, 0.05) is 18.1 Å². The summed E-state index contributed by atoms with van der Waals surface area (Å²) in [6.07, 6.45) is 2.89. The Labute approximate surface area is 138 Å². The first-order valence-corrected chi connectivity index (χ1v) is 7.50. The Bertz CT molecular complexity index is 992. The van der Waals surface area contributed by atoms with Crippen LogP contribution in [-0.4, -0.2) is 20.4 Å². The van der Waals surface area contributed by atoms with Crippen molar-refractivity contribution in [1.29, 1.82) is 0 Å². The van der Waals surface area contributed by atoms with Crippen LogP contribution in [0.3, 0.4) is 0 Å². The number of carbonyl (C=O) groups is 1. The molecule has 2 N–H and O–H groups in total. The van der Waals surface area contributed by atoms with E-state index in [1.165, 1.54) is 10.6 Å². The lowest BCUT2D eigenvalue weighted by Crippen LogP contribution is -2.27. The molecule has 3 rings (SSSR count). The molecule has 0 aliphatic heterocycles. The second-order valence-corrected chi connectivity index (χ2v) is 5.62. The molecule has 1 amide bonds. The van der Waals surface area contributed by atoms with Crippen LogP contribution in [0.5, 0.6) is 0 Å². The van der Waals surface area contributed by atoms with Gasteiger partial charge in [0.15, 0.2) is 0 Å². The number of aliphatic hydroxyl groups excluding tert-OH is 1. The predicted octanol–water partition coefficient (Wildman–Crippen LogP) is 2.06. The minimum atomic E-state index is -0.526. The second-order valence-electron chi connectivity index (χ2n) is 5.62. The molecule has 6 heteroatoms. The maximum Gasteiger partial charge on any atom is 0.270 e. The molecule has 2 aromatic heterocycles. The standard InChI is InChI=1S/C18H17N3O3/c1-11-5-6-13(10-22)8-15(11)20-17(23)14-9-19-16-12(2)4-3-7-21(16)18(14)24/h3-9,22H,10H2,1-2H3,(H,20,23). The average Bonchev–Trinajstić information content (AvgIpc) is 2.58. The highest BCUT2D eigenvalue weighted by Gasteiger charge is 2.15. The van der Waals surface area contributed by atoms with Gasteiger partial charge in [-0.05, 0) is 42.7 Å². The van der Waals surface area contributed by atoms with Crippen molar-refractivity contribution in [3.05, 3.63) is 75.3 Å². The molecule has 3 aromatic rings. The molecule has 0 aliphatic rings. The number of pyridine rings is 1. The molecule has 0 saturated carbocycles. The van der Waals surface area contributed by atoms with Crippen LogP contribution in [0.25, 0.3) is 5.65 Å². The normalized spacial score (nSPS) is 10.8. The van der Waals surface area contributed by atoms with Gasteiger partial charge >= 0.3 is 0 Å². The van der Waals surface area contributed by atoms with Crippen LogP contribution in [0.15, 0.2) is 47.5 Å². The van der Waals surface area contributed by atoms with Crippen molar-refractivity contribution < 1.29 is 9.90 Å². The van der Waals surface area contributed by atoms with Crippen molar-refractivity contribution in [2.24, 2.45) is 0 Å². The van der Waals surface area contributed by atoms with Crippen LogP contribution in [-0.2, 0) is 6.61 Å². The third-order valence-corrected chi connectivity index (χ3v) is 3.90. The number of hydrogen-bond donors (Lipinski definition) is 2. The molecule has 24 heavy (non-hydrogen) atoms. The van der Waals surface area contributed by atoms with Gasteiger partial charge < -0.3 is 10.4 Å². The topological polar surface area (TPSA) is 83.7 Å². The number of rotatable bonds is 3. The number of aliphatic hydroxyl groups is 1. The molecule has 6 nitrogen and oxygen atoms in total. The molecule has 0 saturated heterocycles. The molecule has 122 valence electrons. The van der Waals surface area contributed by atoms with E-state index in [1.807, 2.05) is 19.9 Å². The SMILES string of the molecule is Cc1ccc(CO)cc1NC(=O)c1cnc2c(C)cccn2c1=O. The zero-order valence-corrected chi connectivity index (χ0v) is 13.4. The molecule has 0 unspecified atom stereocenters. The van der Waals surface area contributed by atoms with Crippen molar-refractivity contribution in [3.63, 3.8) is 0 Å². The van der Waals surface area contributed by atoms with E-state index in [1.54, 1.807) is 30.5 Å².